The molecule has 0 aliphatic heterocycles. The van der Waals surface area contributed by atoms with E-state index in [1.807, 2.05) is 0 Å². The molecule has 0 unspecified atom stereocenters. The lowest BCUT2D eigenvalue weighted by Gasteiger charge is -2.19. The van der Waals surface area contributed by atoms with Crippen LogP contribution in [0, 0.1) is 15.9 Å². The molecule has 0 atom stereocenters. The summed E-state index contributed by atoms with van der Waals surface area (Å²) in [5.41, 5.74) is 0.585. The molecule has 0 spiro atoms. The molecule has 2 rings (SSSR count). The number of hydrogen-bond acceptors (Lipinski definition) is 5. The molecule has 0 N–H and O–H groups in total. The zero-order valence-electron chi connectivity index (χ0n) is 16.1. The smallest absolute Gasteiger partial charge is 0.269 e. The number of halogens is 1. The molecular weight excluding hydrogens is 401 g/mol. The molecule has 2 aromatic rings. The summed E-state index contributed by atoms with van der Waals surface area (Å²) in [6.07, 6.45) is 0.420. The third-order valence-electron chi connectivity index (χ3n) is 4.35. The number of hydrogen-bond donors (Lipinski definition) is 0. The lowest BCUT2D eigenvalue weighted by atomic mass is 10.2. The number of rotatable bonds is 9. The van der Waals surface area contributed by atoms with Crippen molar-refractivity contribution < 1.29 is 22.5 Å². The van der Waals surface area contributed by atoms with Crippen LogP contribution in [0.15, 0.2) is 53.4 Å². The van der Waals surface area contributed by atoms with Crippen molar-refractivity contribution in [1.29, 1.82) is 0 Å². The van der Waals surface area contributed by atoms with Crippen molar-refractivity contribution in [2.24, 2.45) is 0 Å². The zero-order valence-corrected chi connectivity index (χ0v) is 16.9. The van der Waals surface area contributed by atoms with E-state index >= 15 is 0 Å². The quantitative estimate of drug-likeness (QED) is 0.456. The monoisotopic (exact) mass is 423 g/mol. The van der Waals surface area contributed by atoms with Crippen molar-refractivity contribution in [2.75, 3.05) is 20.6 Å². The molecule has 0 aliphatic rings. The summed E-state index contributed by atoms with van der Waals surface area (Å²) >= 11 is 0. The fourth-order valence-electron chi connectivity index (χ4n) is 2.68. The maximum absolute atomic E-state index is 13.0. The minimum absolute atomic E-state index is 0.0180. The summed E-state index contributed by atoms with van der Waals surface area (Å²) in [6.45, 7) is 0.334. The van der Waals surface area contributed by atoms with E-state index in [1.54, 1.807) is 19.2 Å². The van der Waals surface area contributed by atoms with Gasteiger partial charge in [0.15, 0.2) is 0 Å². The number of carbonyl (C=O) groups excluding carboxylic acids is 1. The van der Waals surface area contributed by atoms with Gasteiger partial charge in [0, 0.05) is 45.7 Å². The highest BCUT2D eigenvalue weighted by Gasteiger charge is 2.21. The Bertz CT molecular complexity index is 980. The summed E-state index contributed by atoms with van der Waals surface area (Å²) in [5, 5.41) is 10.8. The van der Waals surface area contributed by atoms with Gasteiger partial charge in [-0.3, -0.25) is 14.9 Å². The number of nitrogens with zero attached hydrogens (tertiary/aromatic N) is 3. The molecule has 0 bridgehead atoms. The van der Waals surface area contributed by atoms with Crippen molar-refractivity contribution in [2.45, 2.75) is 24.3 Å². The molecular formula is C19H22FN3O5S. The van der Waals surface area contributed by atoms with Crippen LogP contribution in [0.4, 0.5) is 10.1 Å². The minimum Gasteiger partial charge on any atom is -0.341 e. The van der Waals surface area contributed by atoms with Crippen LogP contribution < -0.4 is 0 Å². The van der Waals surface area contributed by atoms with E-state index in [0.29, 0.717) is 12.0 Å². The fraction of sp³-hybridized carbons (Fsp3) is 0.316. The Hall–Kier alpha value is -2.85. The molecule has 0 saturated carbocycles. The van der Waals surface area contributed by atoms with E-state index in [2.05, 4.69) is 0 Å². The van der Waals surface area contributed by atoms with Gasteiger partial charge in [0.2, 0.25) is 15.9 Å². The van der Waals surface area contributed by atoms with Gasteiger partial charge >= 0.3 is 0 Å². The van der Waals surface area contributed by atoms with Crippen molar-refractivity contribution in [3.8, 4) is 0 Å². The highest BCUT2D eigenvalue weighted by Crippen LogP contribution is 2.17. The number of nitro groups is 1. The van der Waals surface area contributed by atoms with Crippen molar-refractivity contribution in [3.05, 3.63) is 70.0 Å². The Morgan fingerprint density at radius 2 is 1.79 bits per heavy atom. The van der Waals surface area contributed by atoms with Gasteiger partial charge in [0.05, 0.1) is 9.82 Å². The predicted molar refractivity (Wildman–Crippen MR) is 105 cm³/mol. The van der Waals surface area contributed by atoms with Gasteiger partial charge in [-0.2, -0.15) is 0 Å². The van der Waals surface area contributed by atoms with Gasteiger partial charge in [-0.25, -0.2) is 17.1 Å². The summed E-state index contributed by atoms with van der Waals surface area (Å²) in [7, 11) is -0.775. The third-order valence-corrected chi connectivity index (χ3v) is 6.22. The van der Waals surface area contributed by atoms with Crippen LogP contribution in [0.1, 0.15) is 18.4 Å². The second-order valence-electron chi connectivity index (χ2n) is 6.56. The topological polar surface area (TPSA) is 101 Å². The second kappa shape index (κ2) is 9.57. The average molecular weight is 423 g/mol. The summed E-state index contributed by atoms with van der Waals surface area (Å²) in [5.74, 6) is -0.729. The molecule has 0 radical (unpaired) electrons. The standard InChI is InChI=1S/C19H22FN3O5S/c1-21(14-15-5-3-6-17(13-15)23(25)26)19(24)7-4-12-22(2)29(27,28)18-10-8-16(20)9-11-18/h3,5-6,8-11,13H,4,7,12,14H2,1-2H3. The van der Waals surface area contributed by atoms with Gasteiger partial charge in [-0.05, 0) is 36.2 Å². The summed E-state index contributed by atoms with van der Waals surface area (Å²) in [4.78, 5) is 24.0. The normalized spacial score (nSPS) is 11.4. The summed E-state index contributed by atoms with van der Waals surface area (Å²) in [6, 6.07) is 10.6. The lowest BCUT2D eigenvalue weighted by molar-refractivity contribution is -0.384. The Balaban J connectivity index is 1.87. The van der Waals surface area contributed by atoms with Crippen LogP contribution in [-0.4, -0.2) is 49.1 Å². The Labute approximate surface area is 168 Å². The zero-order chi connectivity index (χ0) is 21.6. The molecule has 156 valence electrons. The molecule has 0 fully saturated rings. The van der Waals surface area contributed by atoms with Crippen molar-refractivity contribution in [1.82, 2.24) is 9.21 Å². The molecule has 0 aliphatic carbocycles. The van der Waals surface area contributed by atoms with E-state index in [-0.39, 0.29) is 36.0 Å². The first-order valence-electron chi connectivity index (χ1n) is 8.80. The average Bonchev–Trinajstić information content (AvgIpc) is 2.68. The number of non-ortho nitro benzene ring substituents is 1. The molecule has 0 aromatic heterocycles. The van der Waals surface area contributed by atoms with Gasteiger partial charge in [-0.1, -0.05) is 12.1 Å². The SMILES string of the molecule is CN(Cc1cccc([N+](=O)[O-])c1)C(=O)CCCN(C)S(=O)(=O)c1ccc(F)cc1. The Morgan fingerprint density at radius 3 is 2.41 bits per heavy atom. The Kier molecular flexibility index (Phi) is 7.40. The number of carbonyl (C=O) groups is 1. The van der Waals surface area contributed by atoms with Crippen LogP contribution in [0.3, 0.4) is 0 Å². The van der Waals surface area contributed by atoms with Gasteiger partial charge in [0.1, 0.15) is 5.82 Å². The predicted octanol–water partition coefficient (Wildman–Crippen LogP) is 2.79. The van der Waals surface area contributed by atoms with E-state index < -0.39 is 20.8 Å². The van der Waals surface area contributed by atoms with E-state index in [0.717, 1.165) is 16.4 Å². The molecule has 2 aromatic carbocycles. The van der Waals surface area contributed by atoms with Gasteiger partial charge < -0.3 is 4.90 Å². The first kappa shape index (κ1) is 22.4. The van der Waals surface area contributed by atoms with E-state index in [9.17, 15) is 27.7 Å². The molecule has 29 heavy (non-hydrogen) atoms. The molecule has 1 amide bonds. The first-order valence-corrected chi connectivity index (χ1v) is 10.2. The first-order chi connectivity index (χ1) is 13.6. The molecule has 0 heterocycles. The number of sulfonamides is 1. The minimum atomic E-state index is -3.76. The van der Waals surface area contributed by atoms with E-state index in [1.165, 1.54) is 36.2 Å². The molecule has 10 heteroatoms. The fourth-order valence-corrected chi connectivity index (χ4v) is 3.89. The van der Waals surface area contributed by atoms with Crippen molar-refractivity contribution >= 4 is 21.6 Å². The number of nitro benzene ring substituents is 1. The van der Waals surface area contributed by atoms with Crippen LogP contribution >= 0.6 is 0 Å². The van der Waals surface area contributed by atoms with Crippen LogP contribution in [-0.2, 0) is 21.4 Å². The highest BCUT2D eigenvalue weighted by atomic mass is 32.2. The maximum atomic E-state index is 13.0. The van der Waals surface area contributed by atoms with Crippen LogP contribution in [0.2, 0.25) is 0 Å². The maximum Gasteiger partial charge on any atom is 0.269 e. The van der Waals surface area contributed by atoms with Crippen LogP contribution in [0.25, 0.3) is 0 Å². The van der Waals surface area contributed by atoms with E-state index in [4.69, 9.17) is 0 Å². The third kappa shape index (κ3) is 6.06. The lowest BCUT2D eigenvalue weighted by Crippen LogP contribution is -2.30. The molecule has 8 nitrogen and oxygen atoms in total. The number of benzene rings is 2. The largest absolute Gasteiger partial charge is 0.341 e. The Morgan fingerprint density at radius 1 is 1.14 bits per heavy atom. The van der Waals surface area contributed by atoms with Crippen molar-refractivity contribution in [3.63, 3.8) is 0 Å². The van der Waals surface area contributed by atoms with Gasteiger partial charge in [0.25, 0.3) is 5.69 Å². The second-order valence-corrected chi connectivity index (χ2v) is 8.61. The highest BCUT2D eigenvalue weighted by molar-refractivity contribution is 7.89. The number of amides is 1. The van der Waals surface area contributed by atoms with Crippen LogP contribution in [0.5, 0.6) is 0 Å². The van der Waals surface area contributed by atoms with Gasteiger partial charge in [-0.15, -0.1) is 0 Å². The molecule has 0 saturated heterocycles. The summed E-state index contributed by atoms with van der Waals surface area (Å²) < 4.78 is 39.0.